The number of hydrogen-bond acceptors (Lipinski definition) is 6. The van der Waals surface area contributed by atoms with Crippen LogP contribution in [0.2, 0.25) is 0 Å². The molecule has 0 spiro atoms. The number of methoxy groups -OCH3 is 2. The summed E-state index contributed by atoms with van der Waals surface area (Å²) in [5, 5.41) is 0. The van der Waals surface area contributed by atoms with Gasteiger partial charge in [-0.3, -0.25) is 4.79 Å². The van der Waals surface area contributed by atoms with Crippen LogP contribution in [0, 0.1) is 0 Å². The van der Waals surface area contributed by atoms with Gasteiger partial charge in [-0.05, 0) is 55.7 Å². The molecule has 1 saturated heterocycles. The number of likely N-dealkylation sites (tertiary alicyclic amines) is 1. The molecule has 1 aliphatic rings. The maximum atomic E-state index is 12.4. The smallest absolute Gasteiger partial charge is 0.337 e. The fourth-order valence-electron chi connectivity index (χ4n) is 3.70. The Morgan fingerprint density at radius 2 is 1.84 bits per heavy atom. The van der Waals surface area contributed by atoms with E-state index in [1.807, 2.05) is 11.0 Å². The van der Waals surface area contributed by atoms with Crippen molar-refractivity contribution in [1.82, 2.24) is 14.9 Å². The minimum atomic E-state index is -0.402. The number of carbonyl (C=O) groups excluding carboxylic acids is 2. The van der Waals surface area contributed by atoms with Crippen molar-refractivity contribution in [2.75, 3.05) is 33.9 Å². The second-order valence-corrected chi connectivity index (χ2v) is 7.40. The van der Waals surface area contributed by atoms with Crippen LogP contribution in [0.15, 0.2) is 36.4 Å². The van der Waals surface area contributed by atoms with Crippen molar-refractivity contribution in [3.05, 3.63) is 42.0 Å². The lowest BCUT2D eigenvalue weighted by atomic mass is 10.1. The zero-order valence-electron chi connectivity index (χ0n) is 17.6. The highest BCUT2D eigenvalue weighted by Crippen LogP contribution is 2.32. The Labute approximate surface area is 180 Å². The lowest BCUT2D eigenvalue weighted by Gasteiger charge is -2.26. The van der Waals surface area contributed by atoms with Crippen LogP contribution in [0.4, 0.5) is 0 Å². The monoisotopic (exact) mass is 423 g/mol. The van der Waals surface area contributed by atoms with Gasteiger partial charge in [-0.15, -0.1) is 0 Å². The molecule has 1 aromatic heterocycles. The molecule has 8 heteroatoms. The number of H-pyrrole nitrogens is 1. The zero-order chi connectivity index (χ0) is 21.8. The van der Waals surface area contributed by atoms with Gasteiger partial charge in [-0.1, -0.05) is 0 Å². The third-order valence-electron chi connectivity index (χ3n) is 5.40. The van der Waals surface area contributed by atoms with E-state index in [9.17, 15) is 9.59 Å². The Bertz CT molecular complexity index is 1100. The van der Waals surface area contributed by atoms with Crippen molar-refractivity contribution in [3.8, 4) is 22.9 Å². The molecule has 162 valence electrons. The van der Waals surface area contributed by atoms with E-state index >= 15 is 0 Å². The summed E-state index contributed by atoms with van der Waals surface area (Å²) in [5.74, 6) is 1.23. The van der Waals surface area contributed by atoms with Crippen molar-refractivity contribution < 1.29 is 23.8 Å². The molecule has 31 heavy (non-hydrogen) atoms. The lowest BCUT2D eigenvalue weighted by Crippen LogP contribution is -2.38. The molecule has 0 aliphatic carbocycles. The summed E-state index contributed by atoms with van der Waals surface area (Å²) in [6.07, 6.45) is 3.26. The van der Waals surface area contributed by atoms with E-state index in [2.05, 4.69) is 9.97 Å². The molecule has 1 N–H and O–H groups in total. The van der Waals surface area contributed by atoms with Crippen molar-refractivity contribution >= 4 is 22.9 Å². The largest absolute Gasteiger partial charge is 0.493 e. The van der Waals surface area contributed by atoms with Crippen molar-refractivity contribution in [2.45, 2.75) is 19.3 Å². The van der Waals surface area contributed by atoms with Crippen LogP contribution in [0.1, 0.15) is 29.6 Å². The van der Waals surface area contributed by atoms with Crippen LogP contribution in [-0.4, -0.2) is 60.7 Å². The Balaban J connectivity index is 1.52. The van der Waals surface area contributed by atoms with Gasteiger partial charge in [0.25, 0.3) is 5.91 Å². The summed E-state index contributed by atoms with van der Waals surface area (Å²) in [4.78, 5) is 33.8. The molecule has 2 heterocycles. The zero-order valence-corrected chi connectivity index (χ0v) is 17.6. The number of aromatic nitrogens is 2. The summed E-state index contributed by atoms with van der Waals surface area (Å²) >= 11 is 0. The second-order valence-electron chi connectivity index (χ2n) is 7.40. The molecule has 1 fully saturated rings. The molecule has 1 aliphatic heterocycles. The predicted octanol–water partition coefficient (Wildman–Crippen LogP) is 3.42. The lowest BCUT2D eigenvalue weighted by molar-refractivity contribution is -0.134. The highest BCUT2D eigenvalue weighted by Gasteiger charge is 2.18. The number of nitrogens with one attached hydrogen (secondary N) is 1. The standard InChI is InChI=1S/C23H25N3O5/c1-29-20-13-15(7-9-19(20)31-14-21(27)26-10-4-3-5-11-26)22-24-17-8-6-16(23(28)30-2)12-18(17)25-22/h6-9,12-13H,3-5,10-11,14H2,1-2H3,(H,24,25). The molecule has 1 amide bonds. The number of carbonyl (C=O) groups is 2. The van der Waals surface area contributed by atoms with Gasteiger partial charge in [0, 0.05) is 18.7 Å². The Hall–Kier alpha value is -3.55. The first-order valence-electron chi connectivity index (χ1n) is 10.3. The maximum Gasteiger partial charge on any atom is 0.337 e. The van der Waals surface area contributed by atoms with Crippen molar-refractivity contribution in [3.63, 3.8) is 0 Å². The van der Waals surface area contributed by atoms with Gasteiger partial charge in [0.05, 0.1) is 30.8 Å². The topological polar surface area (TPSA) is 93.8 Å². The van der Waals surface area contributed by atoms with Gasteiger partial charge < -0.3 is 24.1 Å². The molecule has 0 radical (unpaired) electrons. The number of aromatic amines is 1. The number of rotatable bonds is 6. The first kappa shape index (κ1) is 20.7. The number of benzene rings is 2. The fourth-order valence-corrected chi connectivity index (χ4v) is 3.70. The van der Waals surface area contributed by atoms with Gasteiger partial charge in [0.1, 0.15) is 5.82 Å². The Kier molecular flexibility index (Phi) is 6.06. The maximum absolute atomic E-state index is 12.4. The average molecular weight is 423 g/mol. The quantitative estimate of drug-likeness (QED) is 0.611. The molecule has 0 saturated carbocycles. The van der Waals surface area contributed by atoms with E-state index in [4.69, 9.17) is 14.2 Å². The van der Waals surface area contributed by atoms with E-state index in [0.29, 0.717) is 22.9 Å². The van der Waals surface area contributed by atoms with Gasteiger partial charge in [-0.25, -0.2) is 9.78 Å². The average Bonchev–Trinajstić information content (AvgIpc) is 3.25. The van der Waals surface area contributed by atoms with E-state index in [0.717, 1.165) is 42.5 Å². The van der Waals surface area contributed by atoms with Crippen LogP contribution in [0.3, 0.4) is 0 Å². The van der Waals surface area contributed by atoms with Gasteiger partial charge in [-0.2, -0.15) is 0 Å². The molecular formula is C23H25N3O5. The Morgan fingerprint density at radius 3 is 2.58 bits per heavy atom. The Morgan fingerprint density at radius 1 is 1.03 bits per heavy atom. The summed E-state index contributed by atoms with van der Waals surface area (Å²) in [7, 11) is 2.90. The normalized spacial score (nSPS) is 13.8. The molecule has 0 atom stereocenters. The number of ether oxygens (including phenoxy) is 3. The van der Waals surface area contributed by atoms with Crippen molar-refractivity contribution in [2.24, 2.45) is 0 Å². The molecule has 8 nitrogen and oxygen atoms in total. The van der Waals surface area contributed by atoms with E-state index in [1.54, 1.807) is 37.4 Å². The fraction of sp³-hybridized carbons (Fsp3) is 0.348. The van der Waals surface area contributed by atoms with Crippen LogP contribution in [-0.2, 0) is 9.53 Å². The summed E-state index contributed by atoms with van der Waals surface area (Å²) < 4.78 is 16.0. The number of nitrogens with zero attached hydrogens (tertiary/aromatic N) is 2. The predicted molar refractivity (Wildman–Crippen MR) is 115 cm³/mol. The number of hydrogen-bond donors (Lipinski definition) is 1. The van der Waals surface area contributed by atoms with Crippen LogP contribution >= 0.6 is 0 Å². The minimum absolute atomic E-state index is 0.00970. The van der Waals surface area contributed by atoms with Gasteiger partial charge in [0.15, 0.2) is 18.1 Å². The third-order valence-corrected chi connectivity index (χ3v) is 5.40. The van der Waals surface area contributed by atoms with E-state index < -0.39 is 5.97 Å². The van der Waals surface area contributed by atoms with Gasteiger partial charge in [0.2, 0.25) is 0 Å². The SMILES string of the molecule is COC(=O)c1ccc2nc(-c3ccc(OCC(=O)N4CCCCC4)c(OC)c3)[nH]c2c1. The molecule has 4 rings (SSSR count). The van der Waals surface area contributed by atoms with Crippen LogP contribution < -0.4 is 9.47 Å². The number of fused-ring (bicyclic) bond motifs is 1. The highest BCUT2D eigenvalue weighted by atomic mass is 16.5. The van der Waals surface area contributed by atoms with E-state index in [1.165, 1.54) is 13.5 Å². The summed E-state index contributed by atoms with van der Waals surface area (Å²) in [6.45, 7) is 1.57. The number of imidazole rings is 1. The minimum Gasteiger partial charge on any atom is -0.493 e. The number of amides is 1. The summed E-state index contributed by atoms with van der Waals surface area (Å²) in [5.41, 5.74) is 2.70. The second kappa shape index (κ2) is 9.07. The van der Waals surface area contributed by atoms with Crippen molar-refractivity contribution in [1.29, 1.82) is 0 Å². The summed E-state index contributed by atoms with van der Waals surface area (Å²) in [6, 6.07) is 10.6. The highest BCUT2D eigenvalue weighted by molar-refractivity contribution is 5.94. The third kappa shape index (κ3) is 4.47. The van der Waals surface area contributed by atoms with Crippen LogP contribution in [0.25, 0.3) is 22.4 Å². The number of piperidine rings is 1. The first-order valence-corrected chi connectivity index (χ1v) is 10.3. The molecule has 3 aromatic rings. The molecule has 2 aromatic carbocycles. The number of esters is 1. The molecule has 0 unspecified atom stereocenters. The molecule has 0 bridgehead atoms. The first-order chi connectivity index (χ1) is 15.1. The van der Waals surface area contributed by atoms with E-state index in [-0.39, 0.29) is 12.5 Å². The van der Waals surface area contributed by atoms with Gasteiger partial charge >= 0.3 is 5.97 Å². The van der Waals surface area contributed by atoms with Crippen LogP contribution in [0.5, 0.6) is 11.5 Å². The molecular weight excluding hydrogens is 398 g/mol.